The molecule has 2 N–H and O–H groups in total. The van der Waals surface area contributed by atoms with Gasteiger partial charge in [-0.05, 0) is 28.2 Å². The minimum absolute atomic E-state index is 0.176. The van der Waals surface area contributed by atoms with Crippen LogP contribution in [0.5, 0.6) is 0 Å². The summed E-state index contributed by atoms with van der Waals surface area (Å²) in [4.78, 5) is 4.30. The van der Waals surface area contributed by atoms with Gasteiger partial charge in [-0.25, -0.2) is 4.98 Å². The molecule has 3 aromatic rings. The lowest BCUT2D eigenvalue weighted by atomic mass is 9.86. The van der Waals surface area contributed by atoms with E-state index in [0.29, 0.717) is 5.13 Å². The van der Waals surface area contributed by atoms with Gasteiger partial charge in [0, 0.05) is 6.07 Å². The minimum atomic E-state index is 0.176. The highest BCUT2D eigenvalue weighted by molar-refractivity contribution is 7.22. The Balaban J connectivity index is 2.02. The summed E-state index contributed by atoms with van der Waals surface area (Å²) in [6, 6.07) is 16.1. The van der Waals surface area contributed by atoms with Crippen LogP contribution in [-0.4, -0.2) is 4.98 Å². The van der Waals surface area contributed by atoms with Crippen molar-refractivity contribution in [2.45, 2.75) is 26.2 Å². The second kappa shape index (κ2) is 4.60. The first kappa shape index (κ1) is 13.1. The second-order valence-electron chi connectivity index (χ2n) is 5.96. The summed E-state index contributed by atoms with van der Waals surface area (Å²) in [7, 11) is 0. The lowest BCUT2D eigenvalue weighted by Gasteiger charge is -2.19. The second-order valence-corrected chi connectivity index (χ2v) is 7.03. The average Bonchev–Trinajstić information content (AvgIpc) is 2.77. The summed E-state index contributed by atoms with van der Waals surface area (Å²) in [5.74, 6) is 0. The van der Waals surface area contributed by atoms with Crippen LogP contribution in [0.15, 0.2) is 36.4 Å². The van der Waals surface area contributed by atoms with E-state index in [1.165, 1.54) is 16.9 Å². The molecule has 0 unspecified atom stereocenters. The largest absolute Gasteiger partial charge is 0.375 e. The fourth-order valence-corrected chi connectivity index (χ4v) is 2.89. The molecule has 1 heterocycles. The smallest absolute Gasteiger partial charge is 0.181 e. The van der Waals surface area contributed by atoms with Crippen LogP contribution >= 0.6 is 11.3 Å². The molecule has 0 aliphatic rings. The maximum Gasteiger partial charge on any atom is 0.181 e. The van der Waals surface area contributed by atoms with E-state index in [0.717, 1.165) is 21.3 Å². The molecule has 0 spiro atoms. The van der Waals surface area contributed by atoms with Gasteiger partial charge in [0.25, 0.3) is 0 Å². The molecule has 0 saturated carbocycles. The number of nitrogens with zero attached hydrogens (tertiary/aromatic N) is 1. The predicted octanol–water partition coefficient (Wildman–Crippen LogP) is 4.64. The molecule has 2 aromatic carbocycles. The third kappa shape index (κ3) is 2.41. The van der Waals surface area contributed by atoms with Crippen molar-refractivity contribution in [3.05, 3.63) is 48.0 Å². The molecule has 0 bridgehead atoms. The molecule has 0 aliphatic heterocycles. The van der Waals surface area contributed by atoms with E-state index in [2.05, 4.69) is 68.2 Å². The van der Waals surface area contributed by atoms with Crippen molar-refractivity contribution < 1.29 is 0 Å². The lowest BCUT2D eigenvalue weighted by molar-refractivity contribution is 0.590. The van der Waals surface area contributed by atoms with E-state index in [1.807, 2.05) is 0 Å². The SMILES string of the molecule is CC(C)(C)c1ccc(-c2[c]c3nc(N)sc3cc2)cc1. The van der Waals surface area contributed by atoms with Gasteiger partial charge in [0.2, 0.25) is 0 Å². The van der Waals surface area contributed by atoms with Crippen LogP contribution in [0, 0.1) is 6.07 Å². The Morgan fingerprint density at radius 3 is 2.40 bits per heavy atom. The standard InChI is InChI=1S/C17H17N2S/c1-17(2,3)13-7-4-11(5-8-13)12-6-9-15-14(10-12)19-16(18)20-15/h4-9H,1-3H3,(H2,18,19). The lowest BCUT2D eigenvalue weighted by Crippen LogP contribution is -2.10. The molecular weight excluding hydrogens is 264 g/mol. The van der Waals surface area contributed by atoms with Crippen LogP contribution < -0.4 is 5.73 Å². The van der Waals surface area contributed by atoms with E-state index >= 15 is 0 Å². The molecule has 0 fully saturated rings. The fraction of sp³-hybridized carbons (Fsp3) is 0.235. The van der Waals surface area contributed by atoms with Crippen molar-refractivity contribution >= 4 is 26.7 Å². The fourth-order valence-electron chi connectivity index (χ4n) is 2.20. The zero-order valence-corrected chi connectivity index (χ0v) is 12.7. The number of nitrogen functional groups attached to an aromatic ring is 1. The van der Waals surface area contributed by atoms with Crippen LogP contribution in [0.2, 0.25) is 0 Å². The summed E-state index contributed by atoms with van der Waals surface area (Å²) < 4.78 is 1.08. The molecule has 101 valence electrons. The third-order valence-corrected chi connectivity index (χ3v) is 4.24. The highest BCUT2D eigenvalue weighted by Crippen LogP contribution is 2.30. The van der Waals surface area contributed by atoms with Crippen LogP contribution in [0.3, 0.4) is 0 Å². The first-order valence-corrected chi connectivity index (χ1v) is 7.44. The Hall–Kier alpha value is -1.87. The number of thiazole rings is 1. The van der Waals surface area contributed by atoms with Crippen LogP contribution in [0.4, 0.5) is 5.13 Å². The van der Waals surface area contributed by atoms with Crippen molar-refractivity contribution in [1.29, 1.82) is 0 Å². The number of aromatic nitrogens is 1. The predicted molar refractivity (Wildman–Crippen MR) is 87.0 cm³/mol. The number of benzene rings is 2. The van der Waals surface area contributed by atoms with Gasteiger partial charge in [-0.15, -0.1) is 0 Å². The first-order chi connectivity index (χ1) is 9.43. The Labute approximate surface area is 123 Å². The zero-order chi connectivity index (χ0) is 14.3. The van der Waals surface area contributed by atoms with Gasteiger partial charge in [0.05, 0.1) is 10.2 Å². The van der Waals surface area contributed by atoms with Crippen molar-refractivity contribution in [2.24, 2.45) is 0 Å². The summed E-state index contributed by atoms with van der Waals surface area (Å²) in [6.45, 7) is 6.66. The van der Waals surface area contributed by atoms with Gasteiger partial charge in [0.1, 0.15) is 0 Å². The van der Waals surface area contributed by atoms with Crippen molar-refractivity contribution in [2.75, 3.05) is 5.73 Å². The molecule has 20 heavy (non-hydrogen) atoms. The Morgan fingerprint density at radius 2 is 1.75 bits per heavy atom. The number of hydrogen-bond donors (Lipinski definition) is 1. The summed E-state index contributed by atoms with van der Waals surface area (Å²) in [6.07, 6.45) is 0. The summed E-state index contributed by atoms with van der Waals surface area (Å²) in [5, 5.41) is 0.594. The van der Waals surface area contributed by atoms with Crippen molar-refractivity contribution in [3.63, 3.8) is 0 Å². The monoisotopic (exact) mass is 281 g/mol. The summed E-state index contributed by atoms with van der Waals surface area (Å²) >= 11 is 1.50. The molecule has 3 rings (SSSR count). The van der Waals surface area contributed by atoms with E-state index in [9.17, 15) is 0 Å². The highest BCUT2D eigenvalue weighted by atomic mass is 32.1. The average molecular weight is 281 g/mol. The molecule has 1 radical (unpaired) electrons. The number of hydrogen-bond acceptors (Lipinski definition) is 3. The maximum atomic E-state index is 5.73. The van der Waals surface area contributed by atoms with Gasteiger partial charge in [0.15, 0.2) is 5.13 Å². The van der Waals surface area contributed by atoms with Gasteiger partial charge < -0.3 is 5.73 Å². The number of nitrogens with two attached hydrogens (primary N) is 1. The summed E-state index contributed by atoms with van der Waals surface area (Å²) in [5.41, 5.74) is 10.3. The maximum absolute atomic E-state index is 5.73. The van der Waals surface area contributed by atoms with Gasteiger partial charge in [-0.3, -0.25) is 0 Å². The number of anilines is 1. The molecule has 0 atom stereocenters. The quantitative estimate of drug-likeness (QED) is 0.705. The minimum Gasteiger partial charge on any atom is -0.375 e. The van der Waals surface area contributed by atoms with Crippen LogP contribution in [0.1, 0.15) is 26.3 Å². The van der Waals surface area contributed by atoms with Crippen LogP contribution in [-0.2, 0) is 5.41 Å². The van der Waals surface area contributed by atoms with Gasteiger partial charge in [-0.2, -0.15) is 0 Å². The Morgan fingerprint density at radius 1 is 1.05 bits per heavy atom. The molecule has 2 nitrogen and oxygen atoms in total. The van der Waals surface area contributed by atoms with E-state index < -0.39 is 0 Å². The first-order valence-electron chi connectivity index (χ1n) is 6.63. The molecule has 1 aromatic heterocycles. The molecule has 3 heteroatoms. The number of fused-ring (bicyclic) bond motifs is 1. The van der Waals surface area contributed by atoms with E-state index in [1.54, 1.807) is 0 Å². The van der Waals surface area contributed by atoms with Crippen LogP contribution in [0.25, 0.3) is 21.3 Å². The molecular formula is C17H17N2S. The Kier molecular flexibility index (Phi) is 3.02. The molecule has 0 amide bonds. The van der Waals surface area contributed by atoms with Gasteiger partial charge in [-0.1, -0.05) is 62.4 Å². The highest BCUT2D eigenvalue weighted by Gasteiger charge is 2.13. The molecule has 0 saturated heterocycles. The molecule has 0 aliphatic carbocycles. The normalized spacial score (nSPS) is 11.9. The van der Waals surface area contributed by atoms with E-state index in [-0.39, 0.29) is 5.41 Å². The van der Waals surface area contributed by atoms with Crippen molar-refractivity contribution in [1.82, 2.24) is 4.98 Å². The van der Waals surface area contributed by atoms with Gasteiger partial charge >= 0.3 is 0 Å². The zero-order valence-electron chi connectivity index (χ0n) is 11.9. The Bertz CT molecular complexity index is 749. The number of rotatable bonds is 1. The van der Waals surface area contributed by atoms with E-state index in [4.69, 9.17) is 5.73 Å². The topological polar surface area (TPSA) is 38.9 Å². The third-order valence-electron chi connectivity index (χ3n) is 3.39. The van der Waals surface area contributed by atoms with Crippen molar-refractivity contribution in [3.8, 4) is 11.1 Å².